The predicted molar refractivity (Wildman–Crippen MR) is 56.5 cm³/mol. The average molecular weight is 274 g/mol. The van der Waals surface area contributed by atoms with Gasteiger partial charge >= 0.3 is 18.1 Å². The zero-order valence-corrected chi connectivity index (χ0v) is 9.78. The molecule has 7 heteroatoms. The molecular formula is C12H9F3O4. The van der Waals surface area contributed by atoms with E-state index in [4.69, 9.17) is 4.74 Å². The van der Waals surface area contributed by atoms with Crippen molar-refractivity contribution in [3.05, 3.63) is 29.3 Å². The summed E-state index contributed by atoms with van der Waals surface area (Å²) in [5.41, 5.74) is -0.899. The minimum absolute atomic E-state index is 0.00757. The summed E-state index contributed by atoms with van der Waals surface area (Å²) in [5, 5.41) is 0. The van der Waals surface area contributed by atoms with E-state index < -0.39 is 29.6 Å². The first-order chi connectivity index (χ1) is 8.82. The Hall–Kier alpha value is -2.05. The maximum Gasteiger partial charge on any atom is 0.416 e. The third-order valence-electron chi connectivity index (χ3n) is 2.80. The molecule has 4 nitrogen and oxygen atoms in total. The van der Waals surface area contributed by atoms with Crippen molar-refractivity contribution >= 4 is 11.9 Å². The minimum Gasteiger partial charge on any atom is -0.496 e. The fraction of sp³-hybridized carbons (Fsp3) is 0.333. The van der Waals surface area contributed by atoms with Crippen molar-refractivity contribution in [2.24, 2.45) is 0 Å². The molecule has 1 heterocycles. The monoisotopic (exact) mass is 274 g/mol. The van der Waals surface area contributed by atoms with Gasteiger partial charge in [0.05, 0.1) is 25.0 Å². The normalized spacial score (nSPS) is 19.5. The molecule has 1 saturated heterocycles. The number of esters is 2. The van der Waals surface area contributed by atoms with Crippen LogP contribution in [0.15, 0.2) is 18.2 Å². The minimum atomic E-state index is -4.53. The van der Waals surface area contributed by atoms with Crippen LogP contribution in [0.5, 0.6) is 5.75 Å². The van der Waals surface area contributed by atoms with Crippen molar-refractivity contribution in [1.29, 1.82) is 0 Å². The molecule has 0 aromatic heterocycles. The van der Waals surface area contributed by atoms with E-state index in [9.17, 15) is 22.8 Å². The molecule has 0 saturated carbocycles. The molecule has 1 atom stereocenters. The van der Waals surface area contributed by atoms with E-state index in [1.165, 1.54) is 7.11 Å². The van der Waals surface area contributed by atoms with Crippen molar-refractivity contribution in [1.82, 2.24) is 0 Å². The summed E-state index contributed by atoms with van der Waals surface area (Å²) in [7, 11) is 1.27. The second-order valence-corrected chi connectivity index (χ2v) is 4.00. The molecular weight excluding hydrogens is 265 g/mol. The molecule has 2 rings (SSSR count). The van der Waals surface area contributed by atoms with E-state index in [2.05, 4.69) is 4.74 Å². The molecule has 0 bridgehead atoms. The highest BCUT2D eigenvalue weighted by Crippen LogP contribution is 2.38. The molecule has 1 aromatic rings. The van der Waals surface area contributed by atoms with Gasteiger partial charge in [0.15, 0.2) is 0 Å². The lowest BCUT2D eigenvalue weighted by Crippen LogP contribution is -2.11. The first kappa shape index (κ1) is 13.4. The Morgan fingerprint density at radius 2 is 2.00 bits per heavy atom. The lowest BCUT2D eigenvalue weighted by molar-refractivity contribution is -0.152. The fourth-order valence-corrected chi connectivity index (χ4v) is 1.89. The number of benzene rings is 1. The van der Waals surface area contributed by atoms with Crippen LogP contribution in [0.4, 0.5) is 13.2 Å². The van der Waals surface area contributed by atoms with Crippen LogP contribution >= 0.6 is 0 Å². The van der Waals surface area contributed by atoms with Crippen molar-refractivity contribution in [2.75, 3.05) is 7.11 Å². The largest absolute Gasteiger partial charge is 0.496 e. The summed E-state index contributed by atoms with van der Waals surface area (Å²) in [5.74, 6) is -2.55. The molecule has 0 radical (unpaired) electrons. The van der Waals surface area contributed by atoms with Crippen LogP contribution < -0.4 is 4.74 Å². The van der Waals surface area contributed by atoms with Crippen LogP contribution in [-0.4, -0.2) is 19.0 Å². The van der Waals surface area contributed by atoms with Crippen molar-refractivity contribution < 1.29 is 32.2 Å². The van der Waals surface area contributed by atoms with Gasteiger partial charge in [-0.15, -0.1) is 0 Å². The number of halogens is 3. The first-order valence-corrected chi connectivity index (χ1v) is 5.32. The van der Waals surface area contributed by atoms with Crippen LogP contribution in [0.2, 0.25) is 0 Å². The Kier molecular flexibility index (Phi) is 3.21. The lowest BCUT2D eigenvalue weighted by Gasteiger charge is -2.14. The van der Waals surface area contributed by atoms with Crippen molar-refractivity contribution in [2.45, 2.75) is 18.5 Å². The van der Waals surface area contributed by atoms with Crippen molar-refractivity contribution in [3.63, 3.8) is 0 Å². The van der Waals surface area contributed by atoms with Gasteiger partial charge in [-0.3, -0.25) is 9.59 Å². The van der Waals surface area contributed by atoms with E-state index in [1.54, 1.807) is 0 Å². The Labute approximate surface area is 106 Å². The van der Waals surface area contributed by atoms with Gasteiger partial charge in [0.1, 0.15) is 5.75 Å². The predicted octanol–water partition coefficient (Wildman–Crippen LogP) is 2.27. The highest BCUT2D eigenvalue weighted by atomic mass is 19.4. The van der Waals surface area contributed by atoms with Gasteiger partial charge in [0.2, 0.25) is 0 Å². The molecule has 102 valence electrons. The van der Waals surface area contributed by atoms with Gasteiger partial charge in [-0.1, -0.05) is 0 Å². The number of alkyl halides is 3. The summed E-state index contributed by atoms with van der Waals surface area (Å²) < 4.78 is 47.2. The second kappa shape index (κ2) is 4.56. The molecule has 19 heavy (non-hydrogen) atoms. The molecule has 0 spiro atoms. The number of carbonyl (C=O) groups excluding carboxylic acids is 2. The summed E-state index contributed by atoms with van der Waals surface area (Å²) in [6.07, 6.45) is -4.82. The molecule has 0 amide bonds. The number of ether oxygens (including phenoxy) is 2. The zero-order chi connectivity index (χ0) is 14.2. The van der Waals surface area contributed by atoms with Crippen LogP contribution in [0, 0.1) is 0 Å². The summed E-state index contributed by atoms with van der Waals surface area (Å²) >= 11 is 0. The molecule has 1 unspecified atom stereocenters. The average Bonchev–Trinajstić information content (AvgIpc) is 2.66. The number of carbonyl (C=O) groups is 2. The Balaban J connectivity index is 2.48. The van der Waals surface area contributed by atoms with E-state index in [1.807, 2.05) is 0 Å². The molecule has 1 aromatic carbocycles. The second-order valence-electron chi connectivity index (χ2n) is 4.00. The molecule has 1 fully saturated rings. The van der Waals surface area contributed by atoms with Gasteiger partial charge in [-0.25, -0.2) is 0 Å². The van der Waals surface area contributed by atoms with Gasteiger partial charge in [0, 0.05) is 5.56 Å². The van der Waals surface area contributed by atoms with Crippen LogP contribution in [-0.2, 0) is 20.5 Å². The summed E-state index contributed by atoms with van der Waals surface area (Å²) in [6, 6.07) is 2.78. The Bertz CT molecular complexity index is 536. The molecule has 0 N–H and O–H groups in total. The highest BCUT2D eigenvalue weighted by Gasteiger charge is 2.38. The highest BCUT2D eigenvalue weighted by molar-refractivity contribution is 5.98. The van der Waals surface area contributed by atoms with Gasteiger partial charge in [0.25, 0.3) is 0 Å². The molecule has 1 aliphatic heterocycles. The van der Waals surface area contributed by atoms with Gasteiger partial charge in [-0.2, -0.15) is 13.2 Å². The van der Waals surface area contributed by atoms with E-state index >= 15 is 0 Å². The molecule has 0 aliphatic carbocycles. The summed E-state index contributed by atoms with van der Waals surface area (Å²) in [4.78, 5) is 22.4. The number of cyclic esters (lactones) is 2. The summed E-state index contributed by atoms with van der Waals surface area (Å²) in [6.45, 7) is 0. The maximum atomic E-state index is 12.6. The Morgan fingerprint density at radius 3 is 2.47 bits per heavy atom. The third kappa shape index (κ3) is 2.54. The van der Waals surface area contributed by atoms with Crippen molar-refractivity contribution in [3.8, 4) is 5.75 Å². The number of methoxy groups -OCH3 is 1. The van der Waals surface area contributed by atoms with Gasteiger partial charge in [-0.05, 0) is 18.2 Å². The third-order valence-corrected chi connectivity index (χ3v) is 2.80. The van der Waals surface area contributed by atoms with E-state index in [-0.39, 0.29) is 17.7 Å². The van der Waals surface area contributed by atoms with Gasteiger partial charge < -0.3 is 9.47 Å². The van der Waals surface area contributed by atoms with Crippen LogP contribution in [0.1, 0.15) is 23.5 Å². The number of hydrogen-bond donors (Lipinski definition) is 0. The smallest absolute Gasteiger partial charge is 0.416 e. The lowest BCUT2D eigenvalue weighted by atomic mass is 9.94. The van der Waals surface area contributed by atoms with E-state index in [0.29, 0.717) is 0 Å². The zero-order valence-electron chi connectivity index (χ0n) is 9.78. The standard InChI is InChI=1S/C12H9F3O4/c1-18-9-3-2-6(12(13,14)15)4-7(9)8-5-10(16)19-11(8)17/h2-4,8H,5H2,1H3. The first-order valence-electron chi connectivity index (χ1n) is 5.32. The fourth-order valence-electron chi connectivity index (χ4n) is 1.89. The topological polar surface area (TPSA) is 52.6 Å². The quantitative estimate of drug-likeness (QED) is 0.613. The van der Waals surface area contributed by atoms with E-state index in [0.717, 1.165) is 18.2 Å². The molecule has 1 aliphatic rings. The van der Waals surface area contributed by atoms with Crippen LogP contribution in [0.3, 0.4) is 0 Å². The number of hydrogen-bond acceptors (Lipinski definition) is 4. The Morgan fingerprint density at radius 1 is 1.32 bits per heavy atom. The number of rotatable bonds is 2. The SMILES string of the molecule is COc1ccc(C(F)(F)F)cc1C1CC(=O)OC1=O. The maximum absolute atomic E-state index is 12.6. The van der Waals surface area contributed by atoms with Crippen LogP contribution in [0.25, 0.3) is 0 Å².